The van der Waals surface area contributed by atoms with Gasteiger partial charge in [-0.1, -0.05) is 12.1 Å². The minimum Gasteiger partial charge on any atom is -0.335 e. The summed E-state index contributed by atoms with van der Waals surface area (Å²) in [6, 6.07) is 10.5. The van der Waals surface area contributed by atoms with Crippen LogP contribution in [0, 0.1) is 5.82 Å². The Hall–Kier alpha value is -2.56. The number of aromatic amines is 1. The zero-order valence-electron chi connectivity index (χ0n) is 14.7. The van der Waals surface area contributed by atoms with Gasteiger partial charge in [-0.05, 0) is 35.7 Å². The molecule has 2 aromatic heterocycles. The predicted octanol–water partition coefficient (Wildman–Crippen LogP) is 2.42. The fourth-order valence-electron chi connectivity index (χ4n) is 3.06. The molecule has 1 aromatic carbocycles. The average molecular weight is 420 g/mol. The molecule has 1 amide bonds. The van der Waals surface area contributed by atoms with Crippen LogP contribution in [-0.4, -0.2) is 59.9 Å². The van der Waals surface area contributed by atoms with Crippen molar-refractivity contribution in [2.45, 2.75) is 4.90 Å². The molecule has 1 fully saturated rings. The van der Waals surface area contributed by atoms with E-state index in [1.807, 2.05) is 17.5 Å². The fourth-order valence-corrected chi connectivity index (χ4v) is 5.21. The van der Waals surface area contributed by atoms with Crippen molar-refractivity contribution in [1.82, 2.24) is 19.4 Å². The highest BCUT2D eigenvalue weighted by molar-refractivity contribution is 7.89. The number of amides is 1. The van der Waals surface area contributed by atoms with Gasteiger partial charge < -0.3 is 4.90 Å². The van der Waals surface area contributed by atoms with Crippen LogP contribution >= 0.6 is 11.3 Å². The molecular formula is C18H17FN4O3S2. The molecule has 146 valence electrons. The third kappa shape index (κ3) is 3.58. The first-order chi connectivity index (χ1) is 13.4. The van der Waals surface area contributed by atoms with Crippen molar-refractivity contribution >= 4 is 27.3 Å². The Morgan fingerprint density at radius 3 is 2.57 bits per heavy atom. The van der Waals surface area contributed by atoms with Crippen LogP contribution in [0.15, 0.2) is 52.7 Å². The summed E-state index contributed by atoms with van der Waals surface area (Å²) in [6.45, 7) is 0.780. The van der Waals surface area contributed by atoms with Crippen LogP contribution in [0.2, 0.25) is 0 Å². The molecule has 0 bridgehead atoms. The monoisotopic (exact) mass is 420 g/mol. The molecule has 7 nitrogen and oxygen atoms in total. The number of aromatic nitrogens is 2. The predicted molar refractivity (Wildman–Crippen MR) is 103 cm³/mol. The van der Waals surface area contributed by atoms with Crippen molar-refractivity contribution in [3.8, 4) is 10.6 Å². The Bertz CT molecular complexity index is 1090. The Balaban J connectivity index is 1.43. The van der Waals surface area contributed by atoms with E-state index in [2.05, 4.69) is 10.2 Å². The minimum atomic E-state index is -3.79. The number of nitrogens with one attached hydrogen (secondary N) is 1. The largest absolute Gasteiger partial charge is 0.335 e. The maximum atomic E-state index is 13.4. The van der Waals surface area contributed by atoms with Crippen LogP contribution in [0.3, 0.4) is 0 Å². The molecule has 28 heavy (non-hydrogen) atoms. The smallest absolute Gasteiger partial charge is 0.274 e. The summed E-state index contributed by atoms with van der Waals surface area (Å²) in [4.78, 5) is 15.2. The van der Waals surface area contributed by atoms with E-state index in [1.54, 1.807) is 22.3 Å². The molecular weight excluding hydrogens is 403 g/mol. The molecule has 0 saturated carbocycles. The molecule has 1 aliphatic heterocycles. The molecule has 1 saturated heterocycles. The molecule has 3 heterocycles. The van der Waals surface area contributed by atoms with E-state index in [-0.39, 0.29) is 37.0 Å². The first-order valence-electron chi connectivity index (χ1n) is 8.59. The summed E-state index contributed by atoms with van der Waals surface area (Å²) in [5.41, 5.74) is 1.07. The summed E-state index contributed by atoms with van der Waals surface area (Å²) in [5.74, 6) is -0.850. The SMILES string of the molecule is O=C(c1cc(-c2cccs2)[nH]n1)N1CCN(S(=O)(=O)c2cccc(F)c2)CC1. The second-order valence-electron chi connectivity index (χ2n) is 6.30. The number of hydrogen-bond acceptors (Lipinski definition) is 5. The van der Waals surface area contributed by atoms with Gasteiger partial charge in [0.2, 0.25) is 10.0 Å². The second-order valence-corrected chi connectivity index (χ2v) is 9.18. The van der Waals surface area contributed by atoms with E-state index in [0.717, 1.165) is 16.6 Å². The highest BCUT2D eigenvalue weighted by atomic mass is 32.2. The lowest BCUT2D eigenvalue weighted by Gasteiger charge is -2.33. The summed E-state index contributed by atoms with van der Waals surface area (Å²) in [7, 11) is -3.79. The Labute approximate surface area is 165 Å². The fraction of sp³-hybridized carbons (Fsp3) is 0.222. The van der Waals surface area contributed by atoms with Gasteiger partial charge in [0.15, 0.2) is 5.69 Å². The number of nitrogens with zero attached hydrogens (tertiary/aromatic N) is 3. The van der Waals surface area contributed by atoms with Gasteiger partial charge in [0.1, 0.15) is 5.82 Å². The zero-order valence-corrected chi connectivity index (χ0v) is 16.3. The van der Waals surface area contributed by atoms with Crippen LogP contribution in [0.5, 0.6) is 0 Å². The normalized spacial score (nSPS) is 15.7. The van der Waals surface area contributed by atoms with Crippen molar-refractivity contribution in [2.24, 2.45) is 0 Å². The van der Waals surface area contributed by atoms with Gasteiger partial charge in [-0.2, -0.15) is 9.40 Å². The van der Waals surface area contributed by atoms with E-state index in [4.69, 9.17) is 0 Å². The standard InChI is InChI=1S/C18H17FN4O3S2/c19-13-3-1-4-14(11-13)28(25,26)23-8-6-22(7-9-23)18(24)16-12-15(20-21-16)17-5-2-10-27-17/h1-5,10-12H,6-9H2,(H,20,21). The average Bonchev–Trinajstić information content (AvgIpc) is 3.39. The molecule has 4 rings (SSSR count). The molecule has 0 spiro atoms. The van der Waals surface area contributed by atoms with Crippen molar-refractivity contribution in [3.05, 3.63) is 59.4 Å². The number of piperazine rings is 1. The number of thiophene rings is 1. The van der Waals surface area contributed by atoms with E-state index < -0.39 is 15.8 Å². The van der Waals surface area contributed by atoms with Gasteiger partial charge in [0.05, 0.1) is 15.5 Å². The van der Waals surface area contributed by atoms with Crippen LogP contribution in [-0.2, 0) is 10.0 Å². The molecule has 0 aliphatic carbocycles. The molecule has 0 atom stereocenters. The first-order valence-corrected chi connectivity index (χ1v) is 10.9. The van der Waals surface area contributed by atoms with Crippen LogP contribution in [0.25, 0.3) is 10.6 Å². The zero-order chi connectivity index (χ0) is 19.7. The van der Waals surface area contributed by atoms with Crippen LogP contribution in [0.1, 0.15) is 10.5 Å². The Kier molecular flexibility index (Phi) is 5.00. The van der Waals surface area contributed by atoms with Crippen molar-refractivity contribution in [2.75, 3.05) is 26.2 Å². The van der Waals surface area contributed by atoms with Crippen molar-refractivity contribution in [3.63, 3.8) is 0 Å². The lowest BCUT2D eigenvalue weighted by Crippen LogP contribution is -2.50. The number of halogens is 1. The third-order valence-corrected chi connectivity index (χ3v) is 7.34. The molecule has 3 aromatic rings. The van der Waals surface area contributed by atoms with E-state index in [0.29, 0.717) is 5.69 Å². The Morgan fingerprint density at radius 1 is 1.11 bits per heavy atom. The highest BCUT2D eigenvalue weighted by Gasteiger charge is 2.31. The topological polar surface area (TPSA) is 86.4 Å². The van der Waals surface area contributed by atoms with Crippen molar-refractivity contribution < 1.29 is 17.6 Å². The van der Waals surface area contributed by atoms with Gasteiger partial charge in [0, 0.05) is 26.2 Å². The van der Waals surface area contributed by atoms with Crippen LogP contribution in [0.4, 0.5) is 4.39 Å². The second kappa shape index (κ2) is 7.46. The summed E-state index contributed by atoms with van der Waals surface area (Å²) < 4.78 is 40.0. The number of rotatable bonds is 4. The summed E-state index contributed by atoms with van der Waals surface area (Å²) in [5, 5.41) is 8.89. The lowest BCUT2D eigenvalue weighted by atomic mass is 10.2. The highest BCUT2D eigenvalue weighted by Crippen LogP contribution is 2.24. The van der Waals surface area contributed by atoms with Crippen molar-refractivity contribution in [1.29, 1.82) is 0 Å². The number of sulfonamides is 1. The van der Waals surface area contributed by atoms with Gasteiger partial charge in [0.25, 0.3) is 5.91 Å². The third-order valence-electron chi connectivity index (χ3n) is 4.54. The van der Waals surface area contributed by atoms with E-state index >= 15 is 0 Å². The number of carbonyl (C=O) groups excluding carboxylic acids is 1. The summed E-state index contributed by atoms with van der Waals surface area (Å²) in [6.07, 6.45) is 0. The number of carbonyl (C=O) groups is 1. The minimum absolute atomic E-state index is 0.0832. The Morgan fingerprint density at radius 2 is 1.89 bits per heavy atom. The van der Waals surface area contributed by atoms with Gasteiger partial charge in [-0.3, -0.25) is 9.89 Å². The van der Waals surface area contributed by atoms with Gasteiger partial charge in [-0.15, -0.1) is 11.3 Å². The molecule has 0 unspecified atom stereocenters. The van der Waals surface area contributed by atoms with Gasteiger partial charge in [-0.25, -0.2) is 12.8 Å². The molecule has 10 heteroatoms. The van der Waals surface area contributed by atoms with Gasteiger partial charge >= 0.3 is 0 Å². The van der Waals surface area contributed by atoms with E-state index in [9.17, 15) is 17.6 Å². The lowest BCUT2D eigenvalue weighted by molar-refractivity contribution is 0.0692. The maximum Gasteiger partial charge on any atom is 0.274 e. The number of hydrogen-bond donors (Lipinski definition) is 1. The van der Waals surface area contributed by atoms with E-state index in [1.165, 1.54) is 22.5 Å². The quantitative estimate of drug-likeness (QED) is 0.702. The number of benzene rings is 1. The molecule has 0 radical (unpaired) electrons. The molecule has 1 aliphatic rings. The number of H-pyrrole nitrogens is 1. The van der Waals surface area contributed by atoms with Crippen LogP contribution < -0.4 is 0 Å². The maximum absolute atomic E-state index is 13.4. The summed E-state index contributed by atoms with van der Waals surface area (Å²) >= 11 is 1.54. The molecule has 1 N–H and O–H groups in total. The first kappa shape index (κ1) is 18.8.